The predicted molar refractivity (Wildman–Crippen MR) is 122 cm³/mol. The number of primary amides is 1. The Kier molecular flexibility index (Phi) is 6.95. The molecule has 1 aromatic carbocycles. The quantitative estimate of drug-likeness (QED) is 0.649. The number of carbonyl (C=O) groups is 3. The van der Waals surface area contributed by atoms with E-state index in [1.807, 2.05) is 4.90 Å². The Morgan fingerprint density at radius 1 is 1.14 bits per heavy atom. The van der Waals surface area contributed by atoms with Gasteiger partial charge >= 0.3 is 6.18 Å². The fraction of sp³-hybridized carbons (Fsp3) is 0.417. The standard InChI is InChI=1S/C24H26F3N5O3/c25-24(26,27)18-5-1-3-15(9-18)12-32-14-17(10-21(32)33)23(35)30-19-6-7-20(29-11-19)31-8-2-4-16(13-31)22(28)34/h1,3,5-7,9,11,16-17H,2,4,8,10,12-14H2,(H2,28,34)(H,30,35). The SMILES string of the molecule is NC(=O)C1CCCN(c2ccc(NC(=O)C3CC(=O)N(Cc4cccc(C(F)(F)F)c4)C3)cn2)C1. The third-order valence-corrected chi connectivity index (χ3v) is 6.38. The zero-order valence-electron chi connectivity index (χ0n) is 18.9. The summed E-state index contributed by atoms with van der Waals surface area (Å²) in [6.07, 6.45) is -1.38. The van der Waals surface area contributed by atoms with E-state index in [9.17, 15) is 27.6 Å². The van der Waals surface area contributed by atoms with Gasteiger partial charge in [-0.2, -0.15) is 13.2 Å². The lowest BCUT2D eigenvalue weighted by Gasteiger charge is -2.32. The van der Waals surface area contributed by atoms with E-state index in [4.69, 9.17) is 5.73 Å². The smallest absolute Gasteiger partial charge is 0.369 e. The molecule has 1 aromatic heterocycles. The molecule has 0 aliphatic carbocycles. The number of benzene rings is 1. The van der Waals surface area contributed by atoms with Crippen molar-refractivity contribution in [2.24, 2.45) is 17.6 Å². The number of amides is 3. The minimum absolute atomic E-state index is 0.00488. The summed E-state index contributed by atoms with van der Waals surface area (Å²) in [5.41, 5.74) is 5.47. The second kappa shape index (κ2) is 9.93. The molecule has 0 bridgehead atoms. The van der Waals surface area contributed by atoms with Crippen LogP contribution in [0.25, 0.3) is 0 Å². The molecule has 0 spiro atoms. The number of alkyl halides is 3. The van der Waals surface area contributed by atoms with Gasteiger partial charge in [0.05, 0.1) is 29.3 Å². The maximum Gasteiger partial charge on any atom is 0.416 e. The third-order valence-electron chi connectivity index (χ3n) is 6.38. The maximum atomic E-state index is 13.0. The monoisotopic (exact) mass is 489 g/mol. The van der Waals surface area contributed by atoms with Gasteiger partial charge in [0.25, 0.3) is 0 Å². The highest BCUT2D eigenvalue weighted by Gasteiger charge is 2.35. The zero-order chi connectivity index (χ0) is 25.2. The minimum atomic E-state index is -4.46. The Hall–Kier alpha value is -3.63. The number of likely N-dealkylation sites (tertiary alicyclic amines) is 1. The molecule has 3 heterocycles. The molecule has 4 rings (SSSR count). The summed E-state index contributed by atoms with van der Waals surface area (Å²) in [7, 11) is 0. The number of nitrogens with one attached hydrogen (secondary N) is 1. The molecule has 186 valence electrons. The van der Waals surface area contributed by atoms with Gasteiger partial charge in [-0.1, -0.05) is 12.1 Å². The lowest BCUT2D eigenvalue weighted by Crippen LogP contribution is -2.41. The molecule has 2 saturated heterocycles. The van der Waals surface area contributed by atoms with Gasteiger partial charge in [0.1, 0.15) is 5.82 Å². The number of nitrogens with zero attached hydrogens (tertiary/aromatic N) is 3. The number of halogens is 3. The molecule has 2 unspecified atom stereocenters. The van der Waals surface area contributed by atoms with E-state index in [-0.39, 0.29) is 43.1 Å². The van der Waals surface area contributed by atoms with E-state index in [0.717, 1.165) is 31.5 Å². The number of carbonyl (C=O) groups excluding carboxylic acids is 3. The van der Waals surface area contributed by atoms with Gasteiger partial charge in [0.15, 0.2) is 0 Å². The van der Waals surface area contributed by atoms with Crippen LogP contribution in [0.2, 0.25) is 0 Å². The summed E-state index contributed by atoms with van der Waals surface area (Å²) in [5, 5.41) is 2.75. The minimum Gasteiger partial charge on any atom is -0.369 e. The molecular formula is C24H26F3N5O3. The van der Waals surface area contributed by atoms with Gasteiger partial charge in [-0.15, -0.1) is 0 Å². The van der Waals surface area contributed by atoms with Gasteiger partial charge in [-0.25, -0.2) is 4.98 Å². The van der Waals surface area contributed by atoms with Gasteiger partial charge in [0.2, 0.25) is 17.7 Å². The van der Waals surface area contributed by atoms with Crippen LogP contribution >= 0.6 is 0 Å². The van der Waals surface area contributed by atoms with Crippen LogP contribution in [0, 0.1) is 11.8 Å². The van der Waals surface area contributed by atoms with Crippen molar-refractivity contribution in [3.8, 4) is 0 Å². The van der Waals surface area contributed by atoms with Crippen molar-refractivity contribution < 1.29 is 27.6 Å². The Morgan fingerprint density at radius 3 is 2.63 bits per heavy atom. The normalized spacial score (nSPS) is 20.7. The summed E-state index contributed by atoms with van der Waals surface area (Å²) in [6.45, 7) is 1.38. The van der Waals surface area contributed by atoms with E-state index in [2.05, 4.69) is 10.3 Å². The third kappa shape index (κ3) is 5.90. The van der Waals surface area contributed by atoms with Crippen molar-refractivity contribution in [3.63, 3.8) is 0 Å². The number of anilines is 2. The number of pyridine rings is 1. The van der Waals surface area contributed by atoms with Crippen molar-refractivity contribution in [2.45, 2.75) is 32.0 Å². The highest BCUT2D eigenvalue weighted by atomic mass is 19.4. The molecule has 2 aromatic rings. The number of aromatic nitrogens is 1. The number of hydrogen-bond acceptors (Lipinski definition) is 5. The first-order chi connectivity index (χ1) is 16.6. The van der Waals surface area contributed by atoms with Crippen molar-refractivity contribution in [3.05, 3.63) is 53.7 Å². The van der Waals surface area contributed by atoms with Crippen LogP contribution in [0.4, 0.5) is 24.7 Å². The number of hydrogen-bond donors (Lipinski definition) is 2. The summed E-state index contributed by atoms with van der Waals surface area (Å²) < 4.78 is 38.9. The second-order valence-electron chi connectivity index (χ2n) is 8.96. The van der Waals surface area contributed by atoms with Crippen molar-refractivity contribution >= 4 is 29.2 Å². The van der Waals surface area contributed by atoms with Crippen molar-refractivity contribution in [1.82, 2.24) is 9.88 Å². The average Bonchev–Trinajstić information content (AvgIpc) is 3.19. The number of rotatable bonds is 6. The number of piperidine rings is 1. The highest BCUT2D eigenvalue weighted by Crippen LogP contribution is 2.30. The summed E-state index contributed by atoms with van der Waals surface area (Å²) in [4.78, 5) is 44.4. The Labute approximate surface area is 200 Å². The fourth-order valence-corrected chi connectivity index (χ4v) is 4.48. The Balaban J connectivity index is 1.33. The number of nitrogens with two attached hydrogens (primary N) is 1. The van der Waals surface area contributed by atoms with Crippen LogP contribution in [0.15, 0.2) is 42.6 Å². The average molecular weight is 489 g/mol. The molecule has 35 heavy (non-hydrogen) atoms. The first-order valence-electron chi connectivity index (χ1n) is 11.4. The molecule has 8 nitrogen and oxygen atoms in total. The van der Waals surface area contributed by atoms with Crippen LogP contribution in [0.1, 0.15) is 30.4 Å². The van der Waals surface area contributed by atoms with Gasteiger partial charge in [0, 0.05) is 32.6 Å². The highest BCUT2D eigenvalue weighted by molar-refractivity contribution is 5.97. The van der Waals surface area contributed by atoms with E-state index in [1.165, 1.54) is 23.2 Å². The summed E-state index contributed by atoms with van der Waals surface area (Å²) in [5.74, 6) is -1.13. The van der Waals surface area contributed by atoms with Crippen LogP contribution in [0.5, 0.6) is 0 Å². The molecule has 2 atom stereocenters. The Morgan fingerprint density at radius 2 is 1.94 bits per heavy atom. The lowest BCUT2D eigenvalue weighted by molar-refractivity contribution is -0.137. The molecule has 3 amide bonds. The Bertz CT molecular complexity index is 1110. The largest absolute Gasteiger partial charge is 0.416 e. The first kappa shape index (κ1) is 24.5. The molecule has 2 aliphatic heterocycles. The summed E-state index contributed by atoms with van der Waals surface area (Å²) >= 11 is 0. The van der Waals surface area contributed by atoms with Gasteiger partial charge in [-0.3, -0.25) is 14.4 Å². The summed E-state index contributed by atoms with van der Waals surface area (Å²) in [6, 6.07) is 8.27. The topological polar surface area (TPSA) is 109 Å². The molecule has 2 fully saturated rings. The van der Waals surface area contributed by atoms with Crippen LogP contribution in [-0.4, -0.2) is 47.2 Å². The lowest BCUT2D eigenvalue weighted by atomic mass is 9.97. The first-order valence-corrected chi connectivity index (χ1v) is 11.4. The fourth-order valence-electron chi connectivity index (χ4n) is 4.48. The van der Waals surface area contributed by atoms with Crippen LogP contribution < -0.4 is 16.0 Å². The van der Waals surface area contributed by atoms with Crippen molar-refractivity contribution in [1.29, 1.82) is 0 Å². The maximum absolute atomic E-state index is 13.0. The van der Waals surface area contributed by atoms with E-state index in [0.29, 0.717) is 23.6 Å². The van der Waals surface area contributed by atoms with Crippen molar-refractivity contribution in [2.75, 3.05) is 29.9 Å². The van der Waals surface area contributed by atoms with Crippen LogP contribution in [-0.2, 0) is 27.1 Å². The molecule has 0 saturated carbocycles. The molecule has 0 radical (unpaired) electrons. The van der Waals surface area contributed by atoms with E-state index >= 15 is 0 Å². The van der Waals surface area contributed by atoms with Crippen LogP contribution in [0.3, 0.4) is 0 Å². The van der Waals surface area contributed by atoms with Gasteiger partial charge < -0.3 is 20.9 Å². The zero-order valence-corrected chi connectivity index (χ0v) is 18.9. The predicted octanol–water partition coefficient (Wildman–Crippen LogP) is 2.79. The molecular weight excluding hydrogens is 463 g/mol. The molecule has 3 N–H and O–H groups in total. The van der Waals surface area contributed by atoms with E-state index in [1.54, 1.807) is 12.1 Å². The molecule has 2 aliphatic rings. The van der Waals surface area contributed by atoms with Gasteiger partial charge in [-0.05, 0) is 42.7 Å². The van der Waals surface area contributed by atoms with E-state index < -0.39 is 17.7 Å². The second-order valence-corrected chi connectivity index (χ2v) is 8.96. The molecule has 11 heteroatoms.